The lowest BCUT2D eigenvalue weighted by atomic mass is 9.97. The minimum atomic E-state index is -0.272. The maximum atomic E-state index is 13.0. The number of likely N-dealkylation sites (tertiary alicyclic amines) is 1. The van der Waals surface area contributed by atoms with Gasteiger partial charge < -0.3 is 15.5 Å². The van der Waals surface area contributed by atoms with Gasteiger partial charge in [-0.15, -0.1) is 0 Å². The summed E-state index contributed by atoms with van der Waals surface area (Å²) in [7, 11) is 0. The standard InChI is InChI=1S/C24H26ClN5O2/c1-17-4-2-6-21(14-17)27-24(32)29-13-3-5-19(16-29)23(31)28-22-11-12-26-30(22)15-18-7-9-20(25)10-8-18/h2,4,6-12,14,19H,3,5,13,15-16H2,1H3,(H,27,32)(H,28,31). The Bertz CT molecular complexity index is 1100. The molecule has 0 aliphatic carbocycles. The molecule has 1 fully saturated rings. The molecule has 2 heterocycles. The molecule has 1 aromatic heterocycles. The van der Waals surface area contributed by atoms with Crippen LogP contribution in [-0.2, 0) is 11.3 Å². The number of aromatic nitrogens is 2. The summed E-state index contributed by atoms with van der Waals surface area (Å²) in [4.78, 5) is 27.4. The molecule has 2 N–H and O–H groups in total. The highest BCUT2D eigenvalue weighted by atomic mass is 35.5. The molecule has 1 aliphatic heterocycles. The molecule has 3 amide bonds. The summed E-state index contributed by atoms with van der Waals surface area (Å²) in [5.41, 5.74) is 2.87. The highest BCUT2D eigenvalue weighted by molar-refractivity contribution is 6.30. The number of nitrogens with zero attached hydrogens (tertiary/aromatic N) is 3. The topological polar surface area (TPSA) is 79.3 Å². The number of urea groups is 1. The van der Waals surface area contributed by atoms with E-state index in [-0.39, 0.29) is 17.9 Å². The summed E-state index contributed by atoms with van der Waals surface area (Å²) < 4.78 is 1.74. The average molecular weight is 452 g/mol. The maximum Gasteiger partial charge on any atom is 0.321 e. The minimum Gasteiger partial charge on any atom is -0.324 e. The van der Waals surface area contributed by atoms with Crippen molar-refractivity contribution in [2.24, 2.45) is 5.92 Å². The lowest BCUT2D eigenvalue weighted by Crippen LogP contribution is -2.45. The third-order valence-electron chi connectivity index (χ3n) is 5.56. The Morgan fingerprint density at radius 1 is 1.12 bits per heavy atom. The van der Waals surface area contributed by atoms with Crippen molar-refractivity contribution in [3.8, 4) is 0 Å². The summed E-state index contributed by atoms with van der Waals surface area (Å²) in [6.45, 7) is 3.52. The first kappa shape index (κ1) is 21.9. The molecule has 3 aromatic rings. The van der Waals surface area contributed by atoms with Crippen LogP contribution in [0.1, 0.15) is 24.0 Å². The maximum absolute atomic E-state index is 13.0. The monoisotopic (exact) mass is 451 g/mol. The zero-order valence-electron chi connectivity index (χ0n) is 17.9. The van der Waals surface area contributed by atoms with Crippen molar-refractivity contribution in [1.29, 1.82) is 0 Å². The summed E-state index contributed by atoms with van der Waals surface area (Å²) in [6, 6.07) is 16.8. The summed E-state index contributed by atoms with van der Waals surface area (Å²) in [6.07, 6.45) is 3.18. The molecule has 1 atom stereocenters. The van der Waals surface area contributed by atoms with Gasteiger partial charge in [0.15, 0.2) is 0 Å². The van der Waals surface area contributed by atoms with Gasteiger partial charge >= 0.3 is 6.03 Å². The number of rotatable bonds is 5. The van der Waals surface area contributed by atoms with Crippen molar-refractivity contribution in [2.45, 2.75) is 26.3 Å². The van der Waals surface area contributed by atoms with Crippen LogP contribution in [0, 0.1) is 12.8 Å². The zero-order valence-corrected chi connectivity index (χ0v) is 18.7. The molecular formula is C24H26ClN5O2. The first-order valence-electron chi connectivity index (χ1n) is 10.7. The molecule has 166 valence electrons. The SMILES string of the molecule is Cc1cccc(NC(=O)N2CCCC(C(=O)Nc3ccnn3Cc3ccc(Cl)cc3)C2)c1. The summed E-state index contributed by atoms with van der Waals surface area (Å²) in [5.74, 6) is 0.257. The number of amides is 3. The van der Waals surface area contributed by atoms with Crippen molar-refractivity contribution >= 4 is 35.0 Å². The third kappa shape index (κ3) is 5.48. The lowest BCUT2D eigenvalue weighted by Gasteiger charge is -2.32. The largest absolute Gasteiger partial charge is 0.324 e. The van der Waals surface area contributed by atoms with E-state index >= 15 is 0 Å². The van der Waals surface area contributed by atoms with Crippen molar-refractivity contribution in [3.05, 3.63) is 76.9 Å². The second kappa shape index (κ2) is 9.87. The molecule has 8 heteroatoms. The van der Waals surface area contributed by atoms with Gasteiger partial charge in [0.25, 0.3) is 0 Å². The molecule has 0 radical (unpaired) electrons. The normalized spacial score (nSPS) is 15.9. The first-order chi connectivity index (χ1) is 15.5. The second-order valence-corrected chi connectivity index (χ2v) is 8.51. The van der Waals surface area contributed by atoms with Gasteiger partial charge in [-0.25, -0.2) is 9.48 Å². The highest BCUT2D eigenvalue weighted by Gasteiger charge is 2.29. The fraction of sp³-hybridized carbons (Fsp3) is 0.292. The Morgan fingerprint density at radius 3 is 2.72 bits per heavy atom. The number of hydrogen-bond donors (Lipinski definition) is 2. The van der Waals surface area contributed by atoms with Crippen LogP contribution >= 0.6 is 11.6 Å². The van der Waals surface area contributed by atoms with Gasteiger partial charge in [-0.2, -0.15) is 5.10 Å². The molecule has 32 heavy (non-hydrogen) atoms. The summed E-state index contributed by atoms with van der Waals surface area (Å²) >= 11 is 5.95. The van der Waals surface area contributed by atoms with Crippen LogP contribution < -0.4 is 10.6 Å². The van der Waals surface area contributed by atoms with E-state index in [9.17, 15) is 9.59 Å². The minimum absolute atomic E-state index is 0.101. The molecule has 4 rings (SSSR count). The van der Waals surface area contributed by atoms with Crippen molar-refractivity contribution < 1.29 is 9.59 Å². The number of hydrogen-bond acceptors (Lipinski definition) is 3. The Morgan fingerprint density at radius 2 is 1.94 bits per heavy atom. The van der Waals surface area contributed by atoms with Crippen LogP contribution in [0.25, 0.3) is 0 Å². The molecule has 0 saturated carbocycles. The van der Waals surface area contributed by atoms with E-state index in [0.29, 0.717) is 30.5 Å². The Kier molecular flexibility index (Phi) is 6.75. The summed E-state index contributed by atoms with van der Waals surface area (Å²) in [5, 5.41) is 10.9. The van der Waals surface area contributed by atoms with Crippen LogP contribution in [0.3, 0.4) is 0 Å². The van der Waals surface area contributed by atoms with Crippen molar-refractivity contribution in [3.63, 3.8) is 0 Å². The fourth-order valence-electron chi connectivity index (χ4n) is 3.86. The predicted octanol–water partition coefficient (Wildman–Crippen LogP) is 4.78. The van der Waals surface area contributed by atoms with Gasteiger partial charge in [0.05, 0.1) is 18.7 Å². The number of carbonyl (C=O) groups is 2. The van der Waals surface area contributed by atoms with Crippen LogP contribution in [0.4, 0.5) is 16.3 Å². The highest BCUT2D eigenvalue weighted by Crippen LogP contribution is 2.21. The number of aryl methyl sites for hydroxylation is 1. The van der Waals surface area contributed by atoms with E-state index < -0.39 is 0 Å². The van der Waals surface area contributed by atoms with Crippen LogP contribution in [0.15, 0.2) is 60.8 Å². The van der Waals surface area contributed by atoms with E-state index in [0.717, 1.165) is 29.7 Å². The van der Waals surface area contributed by atoms with Crippen LogP contribution in [0.5, 0.6) is 0 Å². The van der Waals surface area contributed by atoms with Crippen LogP contribution in [0.2, 0.25) is 5.02 Å². The second-order valence-electron chi connectivity index (χ2n) is 8.07. The van der Waals surface area contributed by atoms with Crippen LogP contribution in [-0.4, -0.2) is 39.7 Å². The molecule has 7 nitrogen and oxygen atoms in total. The molecular weight excluding hydrogens is 426 g/mol. The molecule has 0 spiro atoms. The van der Waals surface area contributed by atoms with Gasteiger partial charge in [-0.3, -0.25) is 4.79 Å². The zero-order chi connectivity index (χ0) is 22.5. The Hall–Kier alpha value is -3.32. The molecule has 1 saturated heterocycles. The number of benzene rings is 2. The van der Waals surface area contributed by atoms with Gasteiger partial charge in [0.1, 0.15) is 5.82 Å². The molecule has 0 bridgehead atoms. The Labute approximate surface area is 192 Å². The van der Waals surface area contributed by atoms with E-state index in [1.54, 1.807) is 21.8 Å². The lowest BCUT2D eigenvalue weighted by molar-refractivity contribution is -0.121. The molecule has 1 aliphatic rings. The van der Waals surface area contributed by atoms with Gasteiger partial charge in [0, 0.05) is 29.9 Å². The van der Waals surface area contributed by atoms with Gasteiger partial charge in [0.2, 0.25) is 5.91 Å². The van der Waals surface area contributed by atoms with Crippen molar-refractivity contribution in [2.75, 3.05) is 23.7 Å². The fourth-order valence-corrected chi connectivity index (χ4v) is 3.98. The van der Waals surface area contributed by atoms with E-state index in [1.165, 1.54) is 0 Å². The quantitative estimate of drug-likeness (QED) is 0.586. The molecule has 1 unspecified atom stereocenters. The number of halogens is 1. The third-order valence-corrected chi connectivity index (χ3v) is 5.81. The number of carbonyl (C=O) groups excluding carboxylic acids is 2. The number of anilines is 2. The van der Waals surface area contributed by atoms with E-state index in [2.05, 4.69) is 15.7 Å². The van der Waals surface area contributed by atoms with Gasteiger partial charge in [-0.05, 0) is 55.2 Å². The predicted molar refractivity (Wildman–Crippen MR) is 126 cm³/mol. The first-order valence-corrected chi connectivity index (χ1v) is 11.1. The van der Waals surface area contributed by atoms with E-state index in [1.807, 2.05) is 55.5 Å². The average Bonchev–Trinajstić information content (AvgIpc) is 3.22. The number of piperidine rings is 1. The Balaban J connectivity index is 1.36. The van der Waals surface area contributed by atoms with Gasteiger partial charge in [-0.1, -0.05) is 35.9 Å². The smallest absolute Gasteiger partial charge is 0.321 e. The number of nitrogens with one attached hydrogen (secondary N) is 2. The van der Waals surface area contributed by atoms with Crippen molar-refractivity contribution in [1.82, 2.24) is 14.7 Å². The molecule has 2 aromatic carbocycles. The van der Waals surface area contributed by atoms with E-state index in [4.69, 9.17) is 11.6 Å².